The SMILES string of the molecule is Cc1cc(N(c2ccc3c(c2)OCCO3)c2ccc3c(c2)OCCO3)c(Cl)c(N(c2ccc3c(c2)C(C)(C)c2ccccc2-3)c2ccc3c(c2)C(C)(C)c2ccccc2-3)c1. The van der Waals surface area contributed by atoms with Crippen LogP contribution in [0.25, 0.3) is 22.3 Å². The van der Waals surface area contributed by atoms with Crippen molar-refractivity contribution in [2.24, 2.45) is 0 Å². The largest absolute Gasteiger partial charge is 0.486 e. The summed E-state index contributed by atoms with van der Waals surface area (Å²) in [6.45, 7) is 13.4. The average Bonchev–Trinajstić information content (AvgIpc) is 3.64. The molecule has 2 heterocycles. The van der Waals surface area contributed by atoms with Gasteiger partial charge in [0.05, 0.1) is 27.8 Å². The standard InChI is InChI=1S/C53H45ClN2O4/c1-32-26-45(51(54)46(27-32)56(35-16-20-47-49(30-35)59-24-22-57-47)36-17-21-48-50(31-36)60-25-23-58-48)55(33-14-18-39-37-10-6-8-12-41(37)52(2,3)43(39)28-33)34-15-19-40-38-11-7-9-13-42(38)53(4,5)44(40)29-34/h6-21,26-31H,22-25H2,1-5H3. The molecular formula is C53H45ClN2O4. The van der Waals surface area contributed by atoms with Crippen molar-refractivity contribution in [1.29, 1.82) is 0 Å². The molecule has 298 valence electrons. The highest BCUT2D eigenvalue weighted by Gasteiger charge is 2.38. The van der Waals surface area contributed by atoms with Crippen LogP contribution in [0.3, 0.4) is 0 Å². The van der Waals surface area contributed by atoms with Crippen molar-refractivity contribution in [3.05, 3.63) is 166 Å². The summed E-state index contributed by atoms with van der Waals surface area (Å²) in [5.74, 6) is 2.82. The van der Waals surface area contributed by atoms with Gasteiger partial charge in [0.1, 0.15) is 26.4 Å². The zero-order valence-electron chi connectivity index (χ0n) is 34.4. The Morgan fingerprint density at radius 2 is 0.783 bits per heavy atom. The fourth-order valence-electron chi connectivity index (χ4n) is 9.92. The Bertz CT molecular complexity index is 2730. The van der Waals surface area contributed by atoms with Crippen molar-refractivity contribution in [2.75, 3.05) is 36.2 Å². The highest BCUT2D eigenvalue weighted by molar-refractivity contribution is 6.36. The molecule has 2 aliphatic heterocycles. The topological polar surface area (TPSA) is 43.4 Å². The van der Waals surface area contributed by atoms with Crippen molar-refractivity contribution in [3.63, 3.8) is 0 Å². The van der Waals surface area contributed by atoms with Crippen molar-refractivity contribution >= 4 is 45.7 Å². The maximum Gasteiger partial charge on any atom is 0.163 e. The number of hydrogen-bond donors (Lipinski definition) is 0. The molecule has 0 amide bonds. The molecule has 6 nitrogen and oxygen atoms in total. The Kier molecular flexibility index (Phi) is 8.31. The first-order valence-corrected chi connectivity index (χ1v) is 21.1. The minimum atomic E-state index is -0.190. The number of benzene rings is 7. The number of fused-ring (bicyclic) bond motifs is 8. The van der Waals surface area contributed by atoms with Gasteiger partial charge in [0, 0.05) is 34.3 Å². The molecule has 0 atom stereocenters. The summed E-state index contributed by atoms with van der Waals surface area (Å²) in [6, 6.07) is 47.9. The van der Waals surface area contributed by atoms with Crippen molar-refractivity contribution in [3.8, 4) is 45.3 Å². The molecule has 7 heteroatoms. The molecule has 0 unspecified atom stereocenters. The molecule has 60 heavy (non-hydrogen) atoms. The molecule has 0 radical (unpaired) electrons. The molecule has 2 aliphatic carbocycles. The minimum Gasteiger partial charge on any atom is -0.486 e. The summed E-state index contributed by atoms with van der Waals surface area (Å²) in [5.41, 5.74) is 16.5. The molecule has 4 aliphatic rings. The third-order valence-electron chi connectivity index (χ3n) is 12.9. The van der Waals surface area contributed by atoms with Crippen LogP contribution in [0.15, 0.2) is 133 Å². The van der Waals surface area contributed by atoms with Gasteiger partial charge < -0.3 is 28.7 Å². The molecule has 11 rings (SSSR count). The summed E-state index contributed by atoms with van der Waals surface area (Å²) in [7, 11) is 0. The number of ether oxygens (including phenoxy) is 4. The third-order valence-corrected chi connectivity index (χ3v) is 13.3. The molecule has 0 N–H and O–H groups in total. The number of rotatable bonds is 6. The number of halogens is 1. The first kappa shape index (κ1) is 36.7. The number of anilines is 6. The third kappa shape index (κ3) is 5.61. The van der Waals surface area contributed by atoms with Crippen LogP contribution in [-0.4, -0.2) is 26.4 Å². The lowest BCUT2D eigenvalue weighted by atomic mass is 9.82. The fourth-order valence-corrected chi connectivity index (χ4v) is 10.2. The van der Waals surface area contributed by atoms with Crippen LogP contribution in [0.2, 0.25) is 5.02 Å². The molecule has 0 saturated heterocycles. The zero-order chi connectivity index (χ0) is 40.9. The van der Waals surface area contributed by atoms with Crippen LogP contribution >= 0.6 is 11.6 Å². The van der Waals surface area contributed by atoms with Gasteiger partial charge >= 0.3 is 0 Å². The summed E-state index contributed by atoms with van der Waals surface area (Å²) in [5, 5.41) is 0.594. The molecule has 0 bridgehead atoms. The van der Waals surface area contributed by atoms with Crippen molar-refractivity contribution < 1.29 is 18.9 Å². The minimum absolute atomic E-state index is 0.190. The predicted molar refractivity (Wildman–Crippen MR) is 243 cm³/mol. The average molecular weight is 809 g/mol. The van der Waals surface area contributed by atoms with E-state index in [9.17, 15) is 0 Å². The molecule has 0 spiro atoms. The lowest BCUT2D eigenvalue weighted by Crippen LogP contribution is -2.19. The summed E-state index contributed by atoms with van der Waals surface area (Å²) >= 11 is 7.95. The van der Waals surface area contributed by atoms with E-state index in [2.05, 4.69) is 154 Å². The van der Waals surface area contributed by atoms with E-state index < -0.39 is 0 Å². The van der Waals surface area contributed by atoms with Gasteiger partial charge in [-0.3, -0.25) is 0 Å². The first-order chi connectivity index (χ1) is 29.1. The Labute approximate surface area is 356 Å². The van der Waals surface area contributed by atoms with E-state index in [0.717, 1.165) is 51.2 Å². The smallest absolute Gasteiger partial charge is 0.163 e. The number of aryl methyl sites for hydroxylation is 1. The Hall–Kier alpha value is -6.37. The lowest BCUT2D eigenvalue weighted by molar-refractivity contribution is 0.171. The van der Waals surface area contributed by atoms with E-state index in [4.69, 9.17) is 30.5 Å². The van der Waals surface area contributed by atoms with Crippen LogP contribution < -0.4 is 28.7 Å². The Morgan fingerprint density at radius 1 is 0.417 bits per heavy atom. The summed E-state index contributed by atoms with van der Waals surface area (Å²) in [6.07, 6.45) is 0. The van der Waals surface area contributed by atoms with E-state index in [1.54, 1.807) is 0 Å². The second kappa shape index (κ2) is 13.6. The van der Waals surface area contributed by atoms with Gasteiger partial charge in [-0.15, -0.1) is 0 Å². The van der Waals surface area contributed by atoms with Crippen LogP contribution in [0, 0.1) is 6.92 Å². The van der Waals surface area contributed by atoms with Gasteiger partial charge in [0.25, 0.3) is 0 Å². The normalized spacial score (nSPS) is 15.7. The van der Waals surface area contributed by atoms with E-state index in [1.165, 1.54) is 44.5 Å². The van der Waals surface area contributed by atoms with Crippen LogP contribution in [0.1, 0.15) is 55.5 Å². The van der Waals surface area contributed by atoms with E-state index >= 15 is 0 Å². The molecular weight excluding hydrogens is 764 g/mol. The Morgan fingerprint density at radius 3 is 1.23 bits per heavy atom. The van der Waals surface area contributed by atoms with Gasteiger partial charge in [0.15, 0.2) is 23.0 Å². The molecule has 7 aromatic carbocycles. The van der Waals surface area contributed by atoms with E-state index in [-0.39, 0.29) is 10.8 Å². The van der Waals surface area contributed by atoms with Gasteiger partial charge in [0.2, 0.25) is 0 Å². The second-order valence-corrected chi connectivity index (χ2v) is 17.6. The zero-order valence-corrected chi connectivity index (χ0v) is 35.2. The van der Waals surface area contributed by atoms with Crippen LogP contribution in [0.5, 0.6) is 23.0 Å². The quantitative estimate of drug-likeness (QED) is 0.167. The second-order valence-electron chi connectivity index (χ2n) is 17.2. The van der Waals surface area contributed by atoms with Gasteiger partial charge in [-0.05, 0) is 118 Å². The number of nitrogens with zero attached hydrogens (tertiary/aromatic N) is 2. The maximum absolute atomic E-state index is 7.95. The molecule has 7 aromatic rings. The highest BCUT2D eigenvalue weighted by atomic mass is 35.5. The summed E-state index contributed by atoms with van der Waals surface area (Å²) in [4.78, 5) is 4.53. The van der Waals surface area contributed by atoms with Crippen LogP contribution in [-0.2, 0) is 10.8 Å². The fraction of sp³-hybridized carbons (Fsp3) is 0.208. The lowest BCUT2D eigenvalue weighted by Gasteiger charge is -2.33. The van der Waals surface area contributed by atoms with Gasteiger partial charge in [-0.25, -0.2) is 0 Å². The van der Waals surface area contributed by atoms with Crippen molar-refractivity contribution in [2.45, 2.75) is 45.4 Å². The molecule has 0 aromatic heterocycles. The first-order valence-electron chi connectivity index (χ1n) is 20.8. The Balaban J connectivity index is 1.13. The number of hydrogen-bond acceptors (Lipinski definition) is 6. The van der Waals surface area contributed by atoms with Crippen molar-refractivity contribution in [1.82, 2.24) is 0 Å². The molecule has 0 saturated carbocycles. The van der Waals surface area contributed by atoms with Gasteiger partial charge in [-0.2, -0.15) is 0 Å². The predicted octanol–water partition coefficient (Wildman–Crippen LogP) is 13.7. The van der Waals surface area contributed by atoms with Crippen LogP contribution in [0.4, 0.5) is 34.1 Å². The van der Waals surface area contributed by atoms with E-state index in [0.29, 0.717) is 42.9 Å². The highest BCUT2D eigenvalue weighted by Crippen LogP contribution is 2.55. The maximum atomic E-state index is 7.95. The summed E-state index contributed by atoms with van der Waals surface area (Å²) < 4.78 is 24.2. The van der Waals surface area contributed by atoms with Gasteiger partial charge in [-0.1, -0.05) is 100.0 Å². The molecule has 0 fully saturated rings. The monoisotopic (exact) mass is 808 g/mol. The van der Waals surface area contributed by atoms with E-state index in [1.807, 2.05) is 24.3 Å².